The number of carbonyl (C=O) groups excluding carboxylic acids is 1. The summed E-state index contributed by atoms with van der Waals surface area (Å²) < 4.78 is 5.28. The minimum atomic E-state index is -0.282. The van der Waals surface area contributed by atoms with Crippen molar-refractivity contribution >= 4 is 34.9 Å². The normalized spacial score (nSPS) is 15.7. The van der Waals surface area contributed by atoms with Crippen LogP contribution in [-0.4, -0.2) is 55.3 Å². The summed E-state index contributed by atoms with van der Waals surface area (Å²) in [6.07, 6.45) is 0.894. The summed E-state index contributed by atoms with van der Waals surface area (Å²) in [5.74, 6) is 0. The lowest BCUT2D eigenvalue weighted by Crippen LogP contribution is -2.38. The lowest BCUT2D eigenvalue weighted by molar-refractivity contribution is 0.0375. The van der Waals surface area contributed by atoms with Crippen molar-refractivity contribution in [2.75, 3.05) is 44.7 Å². The number of morpholine rings is 1. The summed E-state index contributed by atoms with van der Waals surface area (Å²) in [5, 5.41) is 5.95. The second-order valence-electron chi connectivity index (χ2n) is 4.69. The van der Waals surface area contributed by atoms with Crippen LogP contribution in [0.15, 0.2) is 12.1 Å². The number of pyridine rings is 1. The van der Waals surface area contributed by atoms with Crippen LogP contribution in [0.4, 0.5) is 10.5 Å². The second kappa shape index (κ2) is 8.38. The number of urea groups is 1. The summed E-state index contributed by atoms with van der Waals surface area (Å²) in [6, 6.07) is 2.80. The summed E-state index contributed by atoms with van der Waals surface area (Å²) in [7, 11) is 0. The smallest absolute Gasteiger partial charge is 0.319 e. The fraction of sp³-hybridized carbons (Fsp3) is 0.538. The molecule has 2 amide bonds. The molecule has 1 aromatic heterocycles. The summed E-state index contributed by atoms with van der Waals surface area (Å²) >= 11 is 11.5. The zero-order valence-electron chi connectivity index (χ0n) is 11.6. The molecule has 0 bridgehead atoms. The van der Waals surface area contributed by atoms with Crippen LogP contribution in [0.25, 0.3) is 0 Å². The number of anilines is 1. The Morgan fingerprint density at radius 2 is 1.95 bits per heavy atom. The van der Waals surface area contributed by atoms with E-state index in [2.05, 4.69) is 20.5 Å². The van der Waals surface area contributed by atoms with Gasteiger partial charge < -0.3 is 15.4 Å². The average Bonchev–Trinajstić information content (AvgIpc) is 2.43. The Hall–Kier alpha value is -1.08. The maximum atomic E-state index is 11.7. The van der Waals surface area contributed by atoms with Gasteiger partial charge in [0.1, 0.15) is 10.3 Å². The van der Waals surface area contributed by atoms with Crippen LogP contribution in [0.1, 0.15) is 6.42 Å². The molecule has 6 nitrogen and oxygen atoms in total. The van der Waals surface area contributed by atoms with Crippen LogP contribution >= 0.6 is 23.2 Å². The maximum Gasteiger partial charge on any atom is 0.319 e. The highest BCUT2D eigenvalue weighted by molar-refractivity contribution is 6.32. The van der Waals surface area contributed by atoms with Crippen molar-refractivity contribution in [2.24, 2.45) is 0 Å². The van der Waals surface area contributed by atoms with Gasteiger partial charge in [0.15, 0.2) is 0 Å². The number of nitrogens with zero attached hydrogens (tertiary/aromatic N) is 2. The fourth-order valence-electron chi connectivity index (χ4n) is 2.04. The number of carbonyl (C=O) groups is 1. The van der Waals surface area contributed by atoms with E-state index in [1.54, 1.807) is 12.1 Å². The average molecular weight is 333 g/mol. The van der Waals surface area contributed by atoms with E-state index in [9.17, 15) is 4.79 Å². The highest BCUT2D eigenvalue weighted by Gasteiger charge is 2.09. The van der Waals surface area contributed by atoms with Crippen LogP contribution in [0.3, 0.4) is 0 Å². The number of aromatic nitrogens is 1. The Balaban J connectivity index is 1.65. The Labute approximate surface area is 133 Å². The topological polar surface area (TPSA) is 66.5 Å². The molecule has 0 saturated carbocycles. The van der Waals surface area contributed by atoms with E-state index in [1.807, 2.05) is 0 Å². The zero-order valence-corrected chi connectivity index (χ0v) is 13.1. The van der Waals surface area contributed by atoms with Gasteiger partial charge in [-0.25, -0.2) is 9.78 Å². The van der Waals surface area contributed by atoms with Gasteiger partial charge in [0.05, 0.1) is 13.2 Å². The first kappa shape index (κ1) is 16.3. The van der Waals surface area contributed by atoms with Gasteiger partial charge in [0.25, 0.3) is 0 Å². The van der Waals surface area contributed by atoms with Gasteiger partial charge in [-0.1, -0.05) is 23.2 Å². The van der Waals surface area contributed by atoms with Crippen LogP contribution in [0.5, 0.6) is 0 Å². The molecular weight excluding hydrogens is 315 g/mol. The van der Waals surface area contributed by atoms with Gasteiger partial charge in [-0.15, -0.1) is 0 Å². The molecule has 1 fully saturated rings. The fourth-order valence-corrected chi connectivity index (χ4v) is 2.50. The molecule has 2 heterocycles. The molecule has 116 valence electrons. The van der Waals surface area contributed by atoms with Crippen molar-refractivity contribution in [3.05, 3.63) is 22.4 Å². The molecule has 0 spiro atoms. The quantitative estimate of drug-likeness (QED) is 0.641. The molecule has 0 aromatic carbocycles. The predicted molar refractivity (Wildman–Crippen MR) is 83.2 cm³/mol. The van der Waals surface area contributed by atoms with Gasteiger partial charge in [-0.2, -0.15) is 0 Å². The minimum Gasteiger partial charge on any atom is -0.379 e. The molecule has 1 aliphatic heterocycles. The molecular formula is C13H18Cl2N4O2. The highest BCUT2D eigenvalue weighted by atomic mass is 35.5. The van der Waals surface area contributed by atoms with E-state index in [1.165, 1.54) is 0 Å². The standard InChI is InChI=1S/C13H18Cl2N4O2/c14-11-8-10(9-12(15)18-11)17-13(20)16-2-1-3-19-4-6-21-7-5-19/h8-9H,1-7H2,(H2,16,17,18,20). The number of ether oxygens (including phenoxy) is 1. The van der Waals surface area contributed by atoms with Crippen molar-refractivity contribution in [3.63, 3.8) is 0 Å². The van der Waals surface area contributed by atoms with E-state index >= 15 is 0 Å². The van der Waals surface area contributed by atoms with E-state index in [0.717, 1.165) is 39.3 Å². The van der Waals surface area contributed by atoms with Crippen molar-refractivity contribution in [2.45, 2.75) is 6.42 Å². The molecule has 2 N–H and O–H groups in total. The SMILES string of the molecule is O=C(NCCCN1CCOCC1)Nc1cc(Cl)nc(Cl)c1. The van der Waals surface area contributed by atoms with Crippen LogP contribution < -0.4 is 10.6 Å². The van der Waals surface area contributed by atoms with E-state index in [4.69, 9.17) is 27.9 Å². The highest BCUT2D eigenvalue weighted by Crippen LogP contribution is 2.18. The van der Waals surface area contributed by atoms with Gasteiger partial charge in [0, 0.05) is 25.3 Å². The first-order valence-electron chi connectivity index (χ1n) is 6.81. The summed E-state index contributed by atoms with van der Waals surface area (Å²) in [6.45, 7) is 5.06. The van der Waals surface area contributed by atoms with Crippen LogP contribution in [0, 0.1) is 0 Å². The maximum absolute atomic E-state index is 11.7. The van der Waals surface area contributed by atoms with E-state index in [-0.39, 0.29) is 16.3 Å². The number of nitrogens with one attached hydrogen (secondary N) is 2. The molecule has 8 heteroatoms. The first-order valence-corrected chi connectivity index (χ1v) is 7.57. The monoisotopic (exact) mass is 332 g/mol. The largest absolute Gasteiger partial charge is 0.379 e. The number of hydrogen-bond acceptors (Lipinski definition) is 4. The third kappa shape index (κ3) is 6.05. The molecule has 0 aliphatic carbocycles. The molecule has 21 heavy (non-hydrogen) atoms. The third-order valence-electron chi connectivity index (χ3n) is 3.06. The molecule has 0 atom stereocenters. The molecule has 2 rings (SSSR count). The predicted octanol–water partition coefficient (Wildman–Crippen LogP) is 2.23. The first-order chi connectivity index (χ1) is 10.1. The Morgan fingerprint density at radius 1 is 1.29 bits per heavy atom. The van der Waals surface area contributed by atoms with E-state index < -0.39 is 0 Å². The number of rotatable bonds is 5. The van der Waals surface area contributed by atoms with Gasteiger partial charge >= 0.3 is 6.03 Å². The number of amides is 2. The number of halogens is 2. The van der Waals surface area contributed by atoms with Crippen molar-refractivity contribution in [1.29, 1.82) is 0 Å². The molecule has 0 radical (unpaired) electrons. The van der Waals surface area contributed by atoms with Gasteiger partial charge in [0.2, 0.25) is 0 Å². The molecule has 1 saturated heterocycles. The van der Waals surface area contributed by atoms with Gasteiger partial charge in [-0.3, -0.25) is 4.90 Å². The molecule has 1 aromatic rings. The Kier molecular flexibility index (Phi) is 6.50. The van der Waals surface area contributed by atoms with E-state index in [0.29, 0.717) is 12.2 Å². The van der Waals surface area contributed by atoms with Crippen molar-refractivity contribution in [3.8, 4) is 0 Å². The van der Waals surface area contributed by atoms with Gasteiger partial charge in [-0.05, 0) is 25.1 Å². The Bertz CT molecular complexity index is 461. The summed E-state index contributed by atoms with van der Waals surface area (Å²) in [4.78, 5) is 17.9. The number of hydrogen-bond donors (Lipinski definition) is 2. The lowest BCUT2D eigenvalue weighted by Gasteiger charge is -2.26. The molecule has 1 aliphatic rings. The lowest BCUT2D eigenvalue weighted by atomic mass is 10.3. The van der Waals surface area contributed by atoms with Crippen molar-refractivity contribution in [1.82, 2.24) is 15.2 Å². The summed E-state index contributed by atoms with van der Waals surface area (Å²) in [5.41, 5.74) is 0.519. The minimum absolute atomic E-state index is 0.241. The van der Waals surface area contributed by atoms with Crippen LogP contribution in [0.2, 0.25) is 10.3 Å². The third-order valence-corrected chi connectivity index (χ3v) is 3.45. The van der Waals surface area contributed by atoms with Crippen molar-refractivity contribution < 1.29 is 9.53 Å². The molecule has 0 unspecified atom stereocenters. The van der Waals surface area contributed by atoms with Crippen LogP contribution in [-0.2, 0) is 4.74 Å². The zero-order chi connectivity index (χ0) is 15.1. The second-order valence-corrected chi connectivity index (χ2v) is 5.46. The Morgan fingerprint density at radius 3 is 2.62 bits per heavy atom.